The predicted molar refractivity (Wildman–Crippen MR) is 168 cm³/mol. The number of carbonyl (C=O) groups excluding carboxylic acids is 1. The predicted octanol–water partition coefficient (Wildman–Crippen LogP) is 3.66. The van der Waals surface area contributed by atoms with Crippen LogP contribution in [0.2, 0.25) is 0 Å². The molecule has 232 valence electrons. The number of nitrogens with one attached hydrogen (secondary N) is 2. The zero-order chi connectivity index (χ0) is 31.1. The summed E-state index contributed by atoms with van der Waals surface area (Å²) in [6.45, 7) is 12.4. The number of carbonyl (C=O) groups is 2. The molecule has 10 heteroatoms. The lowest BCUT2D eigenvalue weighted by molar-refractivity contribution is 0.0443. The highest BCUT2D eigenvalue weighted by atomic mass is 16.5. The molecule has 3 N–H and O–H groups in total. The Kier molecular flexibility index (Phi) is 10.9. The second kappa shape index (κ2) is 14.6. The molecule has 0 radical (unpaired) electrons. The third-order valence-electron chi connectivity index (χ3n) is 8.79. The number of ether oxygens (including phenoxy) is 1. The summed E-state index contributed by atoms with van der Waals surface area (Å²) >= 11 is 0. The van der Waals surface area contributed by atoms with Crippen molar-refractivity contribution in [2.75, 3.05) is 51.3 Å². The van der Waals surface area contributed by atoms with Gasteiger partial charge in [-0.2, -0.15) is 0 Å². The number of H-pyrrole nitrogens is 1. The lowest BCUT2D eigenvalue weighted by atomic mass is 9.88. The van der Waals surface area contributed by atoms with Gasteiger partial charge in [-0.05, 0) is 82.7 Å². The molecule has 2 aromatic rings. The van der Waals surface area contributed by atoms with Gasteiger partial charge in [0.15, 0.2) is 0 Å². The number of rotatable bonds is 8. The molecule has 1 saturated heterocycles. The summed E-state index contributed by atoms with van der Waals surface area (Å²) in [6.07, 6.45) is 2.41. The van der Waals surface area contributed by atoms with Crippen molar-refractivity contribution in [2.24, 2.45) is 0 Å². The van der Waals surface area contributed by atoms with Crippen LogP contribution in [0.25, 0.3) is 0 Å². The Hall–Kier alpha value is -3.81. The van der Waals surface area contributed by atoms with Gasteiger partial charge in [0.25, 0.3) is 11.5 Å². The van der Waals surface area contributed by atoms with Crippen LogP contribution in [0.5, 0.6) is 0 Å². The van der Waals surface area contributed by atoms with E-state index in [1.54, 1.807) is 7.05 Å². The van der Waals surface area contributed by atoms with Gasteiger partial charge in [-0.3, -0.25) is 14.5 Å². The lowest BCUT2D eigenvalue weighted by Gasteiger charge is -2.40. The molecule has 2 aliphatic rings. The molecule has 0 spiro atoms. The first-order valence-electron chi connectivity index (χ1n) is 15.2. The fourth-order valence-electron chi connectivity index (χ4n) is 6.22. The zero-order valence-corrected chi connectivity index (χ0v) is 26.1. The van der Waals surface area contributed by atoms with Crippen molar-refractivity contribution in [3.05, 3.63) is 62.1 Å². The van der Waals surface area contributed by atoms with Gasteiger partial charge in [-0.1, -0.05) is 11.8 Å². The standard InChI is InChI=1S/C33H45N5O5/c1-6-38(27-11-9-26(10-12-27)36(5)33(41)42)30-20-25(8-7-13-37-14-16-43-17-15-37)19-28(24(30)4)31(39)34-21-29-22(2)18-23(3)35-32(29)40/h18-20,26-27H,6,9-17,21H2,1-5H3,(H,34,39)(H,35,40)(H,41,42). The number of aromatic amines is 1. The highest BCUT2D eigenvalue weighted by Crippen LogP contribution is 2.33. The van der Waals surface area contributed by atoms with Crippen LogP contribution in [-0.2, 0) is 11.3 Å². The summed E-state index contributed by atoms with van der Waals surface area (Å²) in [5.74, 6) is 6.34. The van der Waals surface area contributed by atoms with E-state index in [2.05, 4.69) is 44.9 Å². The third kappa shape index (κ3) is 7.98. The van der Waals surface area contributed by atoms with Crippen LogP contribution in [0, 0.1) is 32.6 Å². The van der Waals surface area contributed by atoms with Crippen LogP contribution < -0.4 is 15.8 Å². The summed E-state index contributed by atoms with van der Waals surface area (Å²) < 4.78 is 5.45. The number of hydrogen-bond acceptors (Lipinski definition) is 6. The zero-order valence-electron chi connectivity index (χ0n) is 26.1. The van der Waals surface area contributed by atoms with Gasteiger partial charge in [0.05, 0.1) is 19.8 Å². The van der Waals surface area contributed by atoms with E-state index in [1.807, 2.05) is 32.9 Å². The number of carboxylic acid groups (broad SMARTS) is 1. The summed E-state index contributed by atoms with van der Waals surface area (Å²) in [4.78, 5) is 46.5. The Morgan fingerprint density at radius 3 is 2.40 bits per heavy atom. The molecule has 0 bridgehead atoms. The summed E-state index contributed by atoms with van der Waals surface area (Å²) in [6, 6.07) is 6.06. The molecule has 1 aromatic carbocycles. The third-order valence-corrected chi connectivity index (χ3v) is 8.79. The van der Waals surface area contributed by atoms with Gasteiger partial charge in [0, 0.05) is 73.4 Å². The van der Waals surface area contributed by atoms with E-state index in [1.165, 1.54) is 4.90 Å². The van der Waals surface area contributed by atoms with Crippen molar-refractivity contribution in [3.63, 3.8) is 0 Å². The fourth-order valence-corrected chi connectivity index (χ4v) is 6.22. The van der Waals surface area contributed by atoms with Crippen molar-refractivity contribution < 1.29 is 19.4 Å². The van der Waals surface area contributed by atoms with Crippen molar-refractivity contribution >= 4 is 17.7 Å². The first-order chi connectivity index (χ1) is 20.6. The molecule has 1 aromatic heterocycles. The maximum atomic E-state index is 13.6. The second-order valence-electron chi connectivity index (χ2n) is 11.6. The van der Waals surface area contributed by atoms with Crippen LogP contribution in [0.4, 0.5) is 10.5 Å². The highest BCUT2D eigenvalue weighted by Gasteiger charge is 2.30. The fraction of sp³-hybridized carbons (Fsp3) is 0.545. The number of hydrogen-bond donors (Lipinski definition) is 3. The van der Waals surface area contributed by atoms with E-state index in [-0.39, 0.29) is 30.1 Å². The quantitative estimate of drug-likeness (QED) is 0.401. The van der Waals surface area contributed by atoms with E-state index in [0.717, 1.165) is 73.4 Å². The normalized spacial score (nSPS) is 18.8. The average Bonchev–Trinajstić information content (AvgIpc) is 2.98. The largest absolute Gasteiger partial charge is 0.465 e. The number of anilines is 1. The van der Waals surface area contributed by atoms with Crippen molar-refractivity contribution in [1.29, 1.82) is 0 Å². The molecule has 1 aliphatic carbocycles. The van der Waals surface area contributed by atoms with E-state index < -0.39 is 6.09 Å². The Morgan fingerprint density at radius 1 is 1.09 bits per heavy atom. The number of amides is 2. The molecule has 2 heterocycles. The number of nitrogens with zero attached hydrogens (tertiary/aromatic N) is 3. The smallest absolute Gasteiger partial charge is 0.407 e. The van der Waals surface area contributed by atoms with E-state index in [9.17, 15) is 19.5 Å². The minimum Gasteiger partial charge on any atom is -0.465 e. The molecule has 4 rings (SSSR count). The molecule has 0 atom stereocenters. The van der Waals surface area contributed by atoms with E-state index in [0.29, 0.717) is 30.9 Å². The average molecular weight is 592 g/mol. The molecular formula is C33H45N5O5. The molecule has 2 amide bonds. The summed E-state index contributed by atoms with van der Waals surface area (Å²) in [5.41, 5.74) is 5.08. The molecule has 10 nitrogen and oxygen atoms in total. The number of pyridine rings is 1. The van der Waals surface area contributed by atoms with Gasteiger partial charge >= 0.3 is 6.09 Å². The maximum absolute atomic E-state index is 13.6. The molecule has 0 unspecified atom stereocenters. The molecule has 2 fully saturated rings. The number of benzene rings is 1. The number of aryl methyl sites for hydroxylation is 2. The Morgan fingerprint density at radius 2 is 1.77 bits per heavy atom. The Bertz CT molecular complexity index is 1430. The van der Waals surface area contributed by atoms with Gasteiger partial charge < -0.3 is 29.9 Å². The number of morpholine rings is 1. The molecule has 1 saturated carbocycles. The summed E-state index contributed by atoms with van der Waals surface area (Å²) in [5, 5.41) is 12.4. The maximum Gasteiger partial charge on any atom is 0.407 e. The van der Waals surface area contributed by atoms with E-state index >= 15 is 0 Å². The minimum atomic E-state index is -0.895. The highest BCUT2D eigenvalue weighted by molar-refractivity contribution is 5.97. The second-order valence-corrected chi connectivity index (χ2v) is 11.6. The SMILES string of the molecule is CCN(c1cc(C#CCN2CCOCC2)cc(C(=O)NCc2c(C)cc(C)[nH]c2=O)c1C)C1CCC(N(C)C(=O)O)CC1. The molecule has 43 heavy (non-hydrogen) atoms. The number of aromatic nitrogens is 1. The van der Waals surface area contributed by atoms with Gasteiger partial charge in [0.1, 0.15) is 0 Å². The van der Waals surface area contributed by atoms with Gasteiger partial charge in [-0.25, -0.2) is 4.79 Å². The monoisotopic (exact) mass is 591 g/mol. The Balaban J connectivity index is 1.61. The first-order valence-corrected chi connectivity index (χ1v) is 15.2. The molecule has 1 aliphatic heterocycles. The van der Waals surface area contributed by atoms with Crippen molar-refractivity contribution in [2.45, 2.75) is 72.0 Å². The van der Waals surface area contributed by atoms with Crippen molar-refractivity contribution in [3.8, 4) is 11.8 Å². The van der Waals surface area contributed by atoms with Crippen molar-refractivity contribution in [1.82, 2.24) is 20.1 Å². The lowest BCUT2D eigenvalue weighted by Crippen LogP contribution is -2.44. The molecular weight excluding hydrogens is 546 g/mol. The van der Waals surface area contributed by atoms with Gasteiger partial charge in [-0.15, -0.1) is 0 Å². The first kappa shape index (κ1) is 32.1. The topological polar surface area (TPSA) is 118 Å². The summed E-state index contributed by atoms with van der Waals surface area (Å²) in [7, 11) is 1.64. The van der Waals surface area contributed by atoms with Gasteiger partial charge in [0.2, 0.25) is 0 Å². The van der Waals surface area contributed by atoms with Crippen LogP contribution in [-0.4, -0.2) is 90.4 Å². The van der Waals surface area contributed by atoms with Crippen LogP contribution in [0.1, 0.15) is 70.9 Å². The van der Waals surface area contributed by atoms with E-state index in [4.69, 9.17) is 4.74 Å². The Labute approximate surface area is 254 Å². The minimum absolute atomic E-state index is 0.0145. The van der Waals surface area contributed by atoms with Crippen LogP contribution in [0.15, 0.2) is 23.0 Å². The van der Waals surface area contributed by atoms with Crippen LogP contribution in [0.3, 0.4) is 0 Å². The van der Waals surface area contributed by atoms with Crippen LogP contribution >= 0.6 is 0 Å².